The molecule has 0 amide bonds. The van der Waals surface area contributed by atoms with Crippen molar-refractivity contribution < 1.29 is 54.4 Å². The molecule has 0 aromatic heterocycles. The number of hydrogen-bond acceptors (Lipinski definition) is 12. The highest BCUT2D eigenvalue weighted by Gasteiger charge is 2.35. The monoisotopic (exact) mass is 622 g/mol. The molecule has 2 fully saturated rings. The van der Waals surface area contributed by atoms with Crippen LogP contribution in [0.25, 0.3) is 11.7 Å². The van der Waals surface area contributed by atoms with Crippen LogP contribution in [0.1, 0.15) is 27.7 Å². The highest BCUT2D eigenvalue weighted by atomic mass is 32.1. The van der Waals surface area contributed by atoms with Crippen LogP contribution in [0.4, 0.5) is 18.1 Å². The Morgan fingerprint density at radius 1 is 0.694 bits per heavy atom. The molecule has 0 radical (unpaired) electrons. The van der Waals surface area contributed by atoms with Gasteiger partial charge < -0.3 is 36.1 Å². The Hall–Kier alpha value is -1.19. The van der Waals surface area contributed by atoms with Crippen molar-refractivity contribution in [3.05, 3.63) is 11.7 Å². The lowest BCUT2D eigenvalue weighted by Crippen LogP contribution is -2.50. The zero-order valence-electron chi connectivity index (χ0n) is 19.5. The second-order valence-corrected chi connectivity index (χ2v) is 6.87. The Balaban J connectivity index is -0.0000000619. The molecule has 2 aliphatic rings. The SMILES string of the molecule is CC(C)(N=NC(C)(C)C1NCCN1)C1NCCN1.F.F[N-]F.O.O.O=S=O.O=S=O.O=S=O.S.[NH-]F. The molecule has 16 nitrogen and oxygen atoms in total. The van der Waals surface area contributed by atoms with Gasteiger partial charge in [-0.1, -0.05) is 0 Å². The summed E-state index contributed by atoms with van der Waals surface area (Å²) in [5, 5.41) is 22.8. The number of rotatable bonds is 4. The van der Waals surface area contributed by atoms with Crippen molar-refractivity contribution in [3.8, 4) is 0 Å². The van der Waals surface area contributed by atoms with Gasteiger partial charge in [-0.15, -0.1) is 0 Å². The molecular weight excluding hydrogens is 588 g/mol. The lowest BCUT2D eigenvalue weighted by atomic mass is 10.0. The quantitative estimate of drug-likeness (QED) is 0.212. The van der Waals surface area contributed by atoms with Crippen molar-refractivity contribution in [3.63, 3.8) is 0 Å². The fraction of sp³-hybridized carbons (Fsp3) is 1.00. The first kappa shape index (κ1) is 55.4. The smallest absolute Gasteiger partial charge is 0.335 e. The van der Waals surface area contributed by atoms with Gasteiger partial charge in [-0.25, -0.2) is 0 Å². The zero-order valence-corrected chi connectivity index (χ0v) is 23.0. The van der Waals surface area contributed by atoms with Gasteiger partial charge in [0, 0.05) is 26.2 Å². The van der Waals surface area contributed by atoms with Crippen LogP contribution in [0.3, 0.4) is 0 Å². The average Bonchev–Trinajstić information content (AvgIpc) is 3.45. The van der Waals surface area contributed by atoms with Gasteiger partial charge in [0.15, 0.2) is 0 Å². The van der Waals surface area contributed by atoms with E-state index in [0.717, 1.165) is 26.2 Å². The molecular formula is C12H34F4N8O8S4-2. The van der Waals surface area contributed by atoms with Crippen molar-refractivity contribution in [2.45, 2.75) is 51.1 Å². The van der Waals surface area contributed by atoms with Crippen LogP contribution in [0.15, 0.2) is 10.2 Å². The Morgan fingerprint density at radius 3 is 0.972 bits per heavy atom. The molecule has 0 atom stereocenters. The minimum absolute atomic E-state index is 0. The number of azo groups is 1. The summed E-state index contributed by atoms with van der Waals surface area (Å²) >= 11 is -2.25. The zero-order chi connectivity index (χ0) is 26.1. The highest BCUT2D eigenvalue weighted by Crippen LogP contribution is 2.21. The Morgan fingerprint density at radius 2 is 0.833 bits per heavy atom. The summed E-state index contributed by atoms with van der Waals surface area (Å²) in [6, 6.07) is 0. The van der Waals surface area contributed by atoms with Gasteiger partial charge in [-0.2, -0.15) is 49.0 Å². The number of hydrogen-bond donors (Lipinski definition) is 4. The van der Waals surface area contributed by atoms with Gasteiger partial charge in [0.1, 0.15) is 11.1 Å². The Labute approximate surface area is 223 Å². The summed E-state index contributed by atoms with van der Waals surface area (Å²) < 4.78 is 77.0. The maximum absolute atomic E-state index is 9.25. The average molecular weight is 623 g/mol. The van der Waals surface area contributed by atoms with Crippen molar-refractivity contribution in [1.82, 2.24) is 21.3 Å². The molecule has 0 saturated carbocycles. The van der Waals surface area contributed by atoms with E-state index in [2.05, 4.69) is 65.1 Å². The summed E-state index contributed by atoms with van der Waals surface area (Å²) in [6.45, 7) is 12.4. The van der Waals surface area contributed by atoms with Crippen LogP contribution in [-0.2, 0) is 34.7 Å². The first-order chi connectivity index (χ1) is 15.1. The van der Waals surface area contributed by atoms with Gasteiger partial charge >= 0.3 is 34.7 Å². The van der Waals surface area contributed by atoms with Crippen molar-refractivity contribution in [1.29, 1.82) is 0 Å². The summed E-state index contributed by atoms with van der Waals surface area (Å²) in [5.74, 6) is 4.75. The first-order valence-corrected chi connectivity index (χ1v) is 10.3. The second kappa shape index (κ2) is 38.3. The molecule has 9 N–H and O–H groups in total. The maximum atomic E-state index is 9.25. The minimum atomic E-state index is -0.750. The van der Waals surface area contributed by atoms with Crippen LogP contribution < -0.4 is 21.3 Å². The number of nitrogens with zero attached hydrogens (tertiary/aromatic N) is 3. The largest absolute Gasteiger partial charge is 0.507 e. The Kier molecular flexibility index (Phi) is 59.0. The third-order valence-corrected chi connectivity index (χ3v) is 3.62. The van der Waals surface area contributed by atoms with Crippen LogP contribution in [-0.4, -0.2) is 85.8 Å². The van der Waals surface area contributed by atoms with Gasteiger partial charge in [0.05, 0.1) is 12.3 Å². The van der Waals surface area contributed by atoms with E-state index in [-0.39, 0.29) is 52.6 Å². The molecule has 224 valence electrons. The second-order valence-electron chi connectivity index (χ2n) is 6.46. The van der Waals surface area contributed by atoms with Crippen molar-refractivity contribution in [2.75, 3.05) is 26.2 Å². The summed E-state index contributed by atoms with van der Waals surface area (Å²) in [4.78, 5) is 0. The van der Waals surface area contributed by atoms with Crippen LogP contribution in [0.5, 0.6) is 0 Å². The molecule has 0 spiro atoms. The van der Waals surface area contributed by atoms with E-state index >= 15 is 0 Å². The summed E-state index contributed by atoms with van der Waals surface area (Å²) in [6.07, 6.45) is 0.420. The van der Waals surface area contributed by atoms with Crippen molar-refractivity contribution >= 4 is 48.2 Å². The first-order valence-electron chi connectivity index (χ1n) is 8.32. The molecule has 2 saturated heterocycles. The fourth-order valence-corrected chi connectivity index (χ4v) is 2.38. The molecule has 2 rings (SSSR count). The van der Waals surface area contributed by atoms with Crippen LogP contribution >= 0.6 is 13.5 Å². The maximum Gasteiger partial charge on any atom is 0.335 e. The van der Waals surface area contributed by atoms with E-state index in [1.807, 2.05) is 0 Å². The predicted molar refractivity (Wildman–Crippen MR) is 130 cm³/mol. The van der Waals surface area contributed by atoms with E-state index in [1.165, 1.54) is 0 Å². The minimum Gasteiger partial charge on any atom is -0.507 e. The van der Waals surface area contributed by atoms with Gasteiger partial charge in [0.2, 0.25) is 0 Å². The highest BCUT2D eigenvalue weighted by molar-refractivity contribution is 7.59. The molecule has 24 heteroatoms. The normalized spacial score (nSPS) is 13.9. The predicted octanol–water partition coefficient (Wildman–Crippen LogP) is -1.31. The lowest BCUT2D eigenvalue weighted by Gasteiger charge is -2.30. The number of nitrogens with one attached hydrogen (secondary N) is 5. The molecule has 0 aliphatic carbocycles. The molecule has 2 heterocycles. The van der Waals surface area contributed by atoms with Crippen LogP contribution in [0, 0.1) is 0 Å². The van der Waals surface area contributed by atoms with Gasteiger partial charge in [-0.05, 0) is 27.7 Å². The van der Waals surface area contributed by atoms with Gasteiger partial charge in [-0.3, -0.25) is 26.0 Å². The molecule has 0 aromatic carbocycles. The van der Waals surface area contributed by atoms with E-state index in [4.69, 9.17) is 29.7 Å². The van der Waals surface area contributed by atoms with E-state index < -0.39 is 34.7 Å². The van der Waals surface area contributed by atoms with Crippen molar-refractivity contribution in [2.24, 2.45) is 10.2 Å². The van der Waals surface area contributed by atoms with E-state index in [0.29, 0.717) is 5.76 Å². The fourth-order valence-electron chi connectivity index (χ4n) is 2.38. The van der Waals surface area contributed by atoms with E-state index in [1.54, 1.807) is 0 Å². The molecule has 0 unspecified atom stereocenters. The third-order valence-electron chi connectivity index (χ3n) is 3.62. The summed E-state index contributed by atoms with van der Waals surface area (Å²) in [7, 11) is 0. The number of halogens is 4. The standard InChI is InChI=1S/C12H26N6.F2N.FHN.FH.3O2S.2H2O.H2S/c1-11(2,9-13-5-6-14-9)17-18-12(3,4)10-15-7-8-16-10;1-3-2;1-2;;3*1-3-2;;;/h9-10,13-16H,5-8H2,1-4H3;;2H;1H;;;;3*1H2/q;2*-1;;;;;;;. The molecule has 0 bridgehead atoms. The molecule has 36 heavy (non-hydrogen) atoms. The topological polar surface area (TPSA) is 276 Å². The molecule has 2 aliphatic heterocycles. The lowest BCUT2D eigenvalue weighted by molar-refractivity contribution is 0.290. The third kappa shape index (κ3) is 32.8. The van der Waals surface area contributed by atoms with Crippen LogP contribution in [0.2, 0.25) is 0 Å². The Bertz CT molecular complexity index is 531. The molecule has 0 aromatic rings. The van der Waals surface area contributed by atoms with Gasteiger partial charge in [0.25, 0.3) is 0 Å². The summed E-state index contributed by atoms with van der Waals surface area (Å²) in [5.41, 5.74) is -0.460. The van der Waals surface area contributed by atoms with E-state index in [9.17, 15) is 8.96 Å².